The van der Waals surface area contributed by atoms with Gasteiger partial charge in [0.2, 0.25) is 0 Å². The highest BCUT2D eigenvalue weighted by atomic mass is 32.2. The van der Waals surface area contributed by atoms with Crippen molar-refractivity contribution in [3.63, 3.8) is 0 Å². The smallest absolute Gasteiger partial charge is 0.258 e. The van der Waals surface area contributed by atoms with E-state index in [1.54, 1.807) is 12.1 Å². The number of hydrogen-bond donors (Lipinski definition) is 0. The largest absolute Gasteiger partial charge is 0.367 e. The van der Waals surface area contributed by atoms with Gasteiger partial charge in [0, 0.05) is 29.4 Å². The predicted octanol–water partition coefficient (Wildman–Crippen LogP) is 6.41. The summed E-state index contributed by atoms with van der Waals surface area (Å²) in [5.74, 6) is 0. The maximum Gasteiger partial charge on any atom is 0.258 e. The molecule has 33 heavy (non-hydrogen) atoms. The van der Waals surface area contributed by atoms with Gasteiger partial charge in [-0.25, -0.2) is 12.8 Å². The third kappa shape index (κ3) is 6.18. The molecule has 0 amide bonds. The van der Waals surface area contributed by atoms with Gasteiger partial charge in [-0.2, -0.15) is 0 Å². The Hall–Kier alpha value is -2.32. The highest BCUT2D eigenvalue weighted by molar-refractivity contribution is 8.07. The summed E-state index contributed by atoms with van der Waals surface area (Å²) < 4.78 is 43.5. The summed E-state index contributed by atoms with van der Waals surface area (Å²) >= 11 is 1.21. The van der Waals surface area contributed by atoms with Gasteiger partial charge in [-0.1, -0.05) is 42.2 Å². The molecule has 1 fully saturated rings. The van der Waals surface area contributed by atoms with Crippen molar-refractivity contribution in [1.29, 1.82) is 0 Å². The maximum atomic E-state index is 15.0. The molecule has 1 saturated heterocycles. The summed E-state index contributed by atoms with van der Waals surface area (Å²) in [5, 5.41) is 0. The highest BCUT2D eigenvalue weighted by Gasteiger charge is 2.27. The minimum absolute atomic E-state index is 0.0156. The van der Waals surface area contributed by atoms with Crippen LogP contribution >= 0.6 is 11.9 Å². The Morgan fingerprint density at radius 2 is 2.00 bits per heavy atom. The summed E-state index contributed by atoms with van der Waals surface area (Å²) in [4.78, 5) is 2.70. The molecule has 1 aliphatic rings. The second kappa shape index (κ2) is 10.7. The standard InChI is InChI=1S/C25H32FN3O2S2/c1-6-21-11-9-12-22(16-21)19(3)27-32-20(4)23-13-14-24(28-15-8-7-10-18(28)2)25(17-23)29(26)33(5,30)31/h9,11-14,16-18H,4,6-8,10,15H2,1-3,5H3/b27-19+. The molecule has 0 bridgehead atoms. The van der Waals surface area contributed by atoms with Crippen LogP contribution in [0.3, 0.4) is 0 Å². The first-order valence-corrected chi connectivity index (χ1v) is 13.8. The summed E-state index contributed by atoms with van der Waals surface area (Å²) in [5.41, 5.74) is 4.36. The van der Waals surface area contributed by atoms with Crippen molar-refractivity contribution < 1.29 is 12.9 Å². The number of piperidine rings is 1. The number of benzene rings is 2. The predicted molar refractivity (Wildman–Crippen MR) is 140 cm³/mol. The molecule has 1 atom stereocenters. The van der Waals surface area contributed by atoms with Crippen molar-refractivity contribution in [2.24, 2.45) is 4.40 Å². The minimum Gasteiger partial charge on any atom is -0.367 e. The van der Waals surface area contributed by atoms with Crippen LogP contribution in [0.15, 0.2) is 53.4 Å². The van der Waals surface area contributed by atoms with E-state index < -0.39 is 10.0 Å². The van der Waals surface area contributed by atoms with Crippen LogP contribution in [0.2, 0.25) is 0 Å². The number of aryl methyl sites for hydroxylation is 1. The van der Waals surface area contributed by atoms with Gasteiger partial charge >= 0.3 is 0 Å². The van der Waals surface area contributed by atoms with Gasteiger partial charge in [-0.3, -0.25) is 0 Å². The molecule has 0 N–H and O–H groups in total. The lowest BCUT2D eigenvalue weighted by atomic mass is 10.0. The number of halogens is 1. The second-order valence-electron chi connectivity index (χ2n) is 8.46. The van der Waals surface area contributed by atoms with Crippen molar-refractivity contribution in [3.8, 4) is 0 Å². The van der Waals surface area contributed by atoms with Crippen molar-refractivity contribution in [2.75, 3.05) is 22.2 Å². The van der Waals surface area contributed by atoms with Gasteiger partial charge in [0.15, 0.2) is 0 Å². The summed E-state index contributed by atoms with van der Waals surface area (Å²) in [6.45, 7) is 11.0. The molecule has 8 heteroatoms. The molecule has 5 nitrogen and oxygen atoms in total. The van der Waals surface area contributed by atoms with Crippen molar-refractivity contribution >= 4 is 44.0 Å². The van der Waals surface area contributed by atoms with Crippen LogP contribution in [-0.2, 0) is 16.4 Å². The van der Waals surface area contributed by atoms with Gasteiger partial charge in [0.1, 0.15) is 5.69 Å². The normalized spacial score (nSPS) is 17.2. The minimum atomic E-state index is -4.07. The molecule has 0 aliphatic carbocycles. The van der Waals surface area contributed by atoms with Crippen LogP contribution in [0.4, 0.5) is 15.9 Å². The van der Waals surface area contributed by atoms with Crippen LogP contribution in [0, 0.1) is 0 Å². The van der Waals surface area contributed by atoms with Crippen LogP contribution < -0.4 is 9.43 Å². The van der Waals surface area contributed by atoms with Gasteiger partial charge in [0.05, 0.1) is 17.7 Å². The third-order valence-corrected chi connectivity index (χ3v) is 7.54. The average molecular weight is 490 g/mol. The van der Waals surface area contributed by atoms with Crippen LogP contribution in [0.5, 0.6) is 0 Å². The number of nitrogens with zero attached hydrogens (tertiary/aromatic N) is 3. The molecule has 178 valence electrons. The summed E-state index contributed by atoms with van der Waals surface area (Å²) in [6.07, 6.45) is 4.91. The molecule has 0 saturated carbocycles. The van der Waals surface area contributed by atoms with E-state index in [1.807, 2.05) is 25.1 Å². The van der Waals surface area contributed by atoms with E-state index >= 15 is 0 Å². The Morgan fingerprint density at radius 1 is 1.24 bits per heavy atom. The lowest BCUT2D eigenvalue weighted by Gasteiger charge is -2.37. The van der Waals surface area contributed by atoms with E-state index in [0.717, 1.165) is 49.8 Å². The van der Waals surface area contributed by atoms with E-state index in [9.17, 15) is 12.9 Å². The fourth-order valence-corrected chi connectivity index (χ4v) is 5.05. The zero-order valence-electron chi connectivity index (χ0n) is 19.7. The number of anilines is 2. The molecule has 3 rings (SSSR count). The summed E-state index contributed by atoms with van der Waals surface area (Å²) in [7, 11) is -4.07. The van der Waals surface area contributed by atoms with Gasteiger partial charge in [-0.15, -0.1) is 4.53 Å². The Bertz CT molecular complexity index is 1150. The third-order valence-electron chi connectivity index (χ3n) is 5.94. The molecule has 0 aromatic heterocycles. The first-order valence-electron chi connectivity index (χ1n) is 11.2. The molecule has 2 aromatic carbocycles. The monoisotopic (exact) mass is 489 g/mol. The Kier molecular flexibility index (Phi) is 8.23. The van der Waals surface area contributed by atoms with Crippen LogP contribution in [0.1, 0.15) is 56.7 Å². The molecule has 1 heterocycles. The van der Waals surface area contributed by atoms with Crippen molar-refractivity contribution in [3.05, 3.63) is 65.7 Å². The fourth-order valence-electron chi connectivity index (χ4n) is 3.96. The van der Waals surface area contributed by atoms with Crippen LogP contribution in [0.25, 0.3) is 4.91 Å². The molecule has 2 aromatic rings. The van der Waals surface area contributed by atoms with Crippen LogP contribution in [-0.4, -0.2) is 33.0 Å². The Balaban J connectivity index is 1.90. The fraction of sp³-hybridized carbons (Fsp3) is 0.400. The maximum absolute atomic E-state index is 15.0. The van der Waals surface area contributed by atoms with Crippen molar-refractivity contribution in [1.82, 2.24) is 0 Å². The van der Waals surface area contributed by atoms with E-state index in [1.165, 1.54) is 17.5 Å². The second-order valence-corrected chi connectivity index (χ2v) is 11.1. The van der Waals surface area contributed by atoms with Gasteiger partial charge < -0.3 is 4.90 Å². The Morgan fingerprint density at radius 3 is 2.67 bits per heavy atom. The molecular weight excluding hydrogens is 457 g/mol. The molecule has 0 radical (unpaired) electrons. The SMILES string of the molecule is C=C(S/N=C(\C)c1cccc(CC)c1)c1ccc(N2CCCCC2C)c(N(F)S(C)(=O)=O)c1. The number of rotatable bonds is 8. The number of sulfonamides is 1. The summed E-state index contributed by atoms with van der Waals surface area (Å²) in [6, 6.07) is 13.6. The first kappa shape index (κ1) is 25.3. The first-order chi connectivity index (χ1) is 15.6. The molecule has 1 aliphatic heterocycles. The molecular formula is C25H32FN3O2S2. The van der Waals surface area contributed by atoms with Gasteiger partial charge in [0.25, 0.3) is 10.0 Å². The topological polar surface area (TPSA) is 53.0 Å². The Labute approximate surface area is 201 Å². The van der Waals surface area contributed by atoms with E-state index in [2.05, 4.69) is 41.9 Å². The molecule has 1 unspecified atom stereocenters. The van der Waals surface area contributed by atoms with E-state index in [0.29, 0.717) is 16.2 Å². The van der Waals surface area contributed by atoms with E-state index in [-0.39, 0.29) is 16.3 Å². The zero-order chi connectivity index (χ0) is 24.2. The van der Waals surface area contributed by atoms with E-state index in [4.69, 9.17) is 0 Å². The van der Waals surface area contributed by atoms with Gasteiger partial charge in [-0.05, 0) is 74.4 Å². The zero-order valence-corrected chi connectivity index (χ0v) is 21.3. The lowest BCUT2D eigenvalue weighted by molar-refractivity contribution is 0.477. The highest BCUT2D eigenvalue weighted by Crippen LogP contribution is 2.39. The number of hydrogen-bond acceptors (Lipinski definition) is 5. The van der Waals surface area contributed by atoms with Crippen molar-refractivity contribution in [2.45, 2.75) is 52.5 Å². The molecule has 0 spiro atoms. The quantitative estimate of drug-likeness (QED) is 0.244. The average Bonchev–Trinajstić information content (AvgIpc) is 2.81. The lowest BCUT2D eigenvalue weighted by Crippen LogP contribution is -2.38.